The molecule has 2 aromatic rings. The number of benzene rings is 1. The van der Waals surface area contributed by atoms with Crippen LogP contribution in [0.3, 0.4) is 0 Å². The van der Waals surface area contributed by atoms with Crippen LogP contribution in [0.4, 0.5) is 0 Å². The zero-order chi connectivity index (χ0) is 17.9. The molecular weight excluding hydrogens is 324 g/mol. The molecule has 3 nitrogen and oxygen atoms in total. The Morgan fingerprint density at radius 1 is 1.27 bits per heavy atom. The van der Waals surface area contributed by atoms with E-state index < -0.39 is 0 Å². The molecule has 2 saturated carbocycles. The van der Waals surface area contributed by atoms with Crippen LogP contribution in [0, 0.1) is 17.3 Å². The number of Topliss-reactive ketones (excluding diaryl/α,β-unsaturated/α-hetero) is 1. The Bertz CT molecular complexity index is 892. The Kier molecular flexibility index (Phi) is 3.43. The monoisotopic (exact) mass is 348 g/mol. The van der Waals surface area contributed by atoms with Gasteiger partial charge in [-0.3, -0.25) is 4.79 Å². The maximum absolute atomic E-state index is 13.2. The number of fused-ring (bicyclic) bond motifs is 5. The minimum Gasteiger partial charge on any atom is -0.508 e. The van der Waals surface area contributed by atoms with Gasteiger partial charge in [-0.2, -0.15) is 0 Å². The van der Waals surface area contributed by atoms with E-state index in [1.54, 1.807) is 6.26 Å². The second-order valence-electron chi connectivity index (χ2n) is 8.47. The van der Waals surface area contributed by atoms with E-state index in [1.807, 2.05) is 30.3 Å². The molecule has 0 amide bonds. The highest BCUT2D eigenvalue weighted by molar-refractivity contribution is 6.05. The number of furan rings is 1. The first-order chi connectivity index (χ1) is 12.6. The Balaban J connectivity index is 1.51. The van der Waals surface area contributed by atoms with E-state index in [0.717, 1.165) is 43.4 Å². The third kappa shape index (κ3) is 2.22. The summed E-state index contributed by atoms with van der Waals surface area (Å²) >= 11 is 0. The summed E-state index contributed by atoms with van der Waals surface area (Å²) in [4.78, 5) is 13.2. The Hall–Kier alpha value is -2.29. The molecule has 0 saturated heterocycles. The van der Waals surface area contributed by atoms with Crippen molar-refractivity contribution in [1.29, 1.82) is 0 Å². The summed E-state index contributed by atoms with van der Waals surface area (Å²) in [7, 11) is 0. The van der Waals surface area contributed by atoms with E-state index in [0.29, 0.717) is 29.3 Å². The first-order valence-electron chi connectivity index (χ1n) is 9.67. The first-order valence-corrected chi connectivity index (χ1v) is 9.67. The van der Waals surface area contributed by atoms with Crippen LogP contribution in [0.1, 0.15) is 55.4 Å². The van der Waals surface area contributed by atoms with Crippen LogP contribution in [0.25, 0.3) is 6.08 Å². The second-order valence-corrected chi connectivity index (χ2v) is 8.47. The number of ketones is 1. The van der Waals surface area contributed by atoms with Crippen molar-refractivity contribution in [1.82, 2.24) is 0 Å². The molecule has 3 aliphatic carbocycles. The number of rotatable bonds is 1. The van der Waals surface area contributed by atoms with E-state index in [1.165, 1.54) is 11.1 Å². The number of aryl methyl sites for hydroxylation is 1. The number of carbonyl (C=O) groups excluding carboxylic acids is 1. The summed E-state index contributed by atoms with van der Waals surface area (Å²) in [5.74, 6) is 2.95. The van der Waals surface area contributed by atoms with Gasteiger partial charge in [0.2, 0.25) is 0 Å². The lowest BCUT2D eigenvalue weighted by atomic mass is 9.55. The summed E-state index contributed by atoms with van der Waals surface area (Å²) < 4.78 is 5.44. The van der Waals surface area contributed by atoms with Gasteiger partial charge in [0.25, 0.3) is 0 Å². The molecule has 4 atom stereocenters. The average molecular weight is 348 g/mol. The van der Waals surface area contributed by atoms with Gasteiger partial charge in [-0.1, -0.05) is 13.0 Å². The second kappa shape index (κ2) is 5.60. The fourth-order valence-corrected chi connectivity index (χ4v) is 5.91. The fraction of sp³-hybridized carbons (Fsp3) is 0.435. The predicted molar refractivity (Wildman–Crippen MR) is 99.8 cm³/mol. The predicted octanol–water partition coefficient (Wildman–Crippen LogP) is 5.10. The highest BCUT2D eigenvalue weighted by atomic mass is 16.3. The summed E-state index contributed by atoms with van der Waals surface area (Å²) in [6.07, 6.45) is 8.61. The molecule has 134 valence electrons. The maximum atomic E-state index is 13.2. The molecule has 1 heterocycles. The molecule has 0 spiro atoms. The van der Waals surface area contributed by atoms with Crippen LogP contribution in [0.2, 0.25) is 0 Å². The minimum atomic E-state index is -0.228. The molecule has 2 fully saturated rings. The van der Waals surface area contributed by atoms with E-state index in [-0.39, 0.29) is 5.41 Å². The van der Waals surface area contributed by atoms with Crippen molar-refractivity contribution in [3.05, 3.63) is 59.1 Å². The van der Waals surface area contributed by atoms with Crippen molar-refractivity contribution < 1.29 is 14.3 Å². The molecule has 1 N–H and O–H groups in total. The van der Waals surface area contributed by atoms with Crippen LogP contribution in [-0.2, 0) is 11.2 Å². The Labute approximate surface area is 153 Å². The lowest BCUT2D eigenvalue weighted by molar-refractivity contribution is -0.127. The van der Waals surface area contributed by atoms with Gasteiger partial charge in [0.15, 0.2) is 5.78 Å². The highest BCUT2D eigenvalue weighted by Gasteiger charge is 2.56. The summed E-state index contributed by atoms with van der Waals surface area (Å²) in [5, 5.41) is 9.81. The third-order valence-corrected chi connectivity index (χ3v) is 7.21. The molecule has 0 aliphatic heterocycles. The van der Waals surface area contributed by atoms with E-state index in [2.05, 4.69) is 13.0 Å². The first kappa shape index (κ1) is 15.9. The molecule has 1 aromatic carbocycles. The zero-order valence-corrected chi connectivity index (χ0v) is 15.1. The van der Waals surface area contributed by atoms with Gasteiger partial charge in [-0.05, 0) is 96.9 Å². The molecule has 0 bridgehead atoms. The zero-order valence-electron chi connectivity index (χ0n) is 15.1. The van der Waals surface area contributed by atoms with E-state index >= 15 is 0 Å². The van der Waals surface area contributed by atoms with Crippen LogP contribution < -0.4 is 0 Å². The van der Waals surface area contributed by atoms with Crippen molar-refractivity contribution in [2.75, 3.05) is 0 Å². The van der Waals surface area contributed by atoms with Gasteiger partial charge in [-0.25, -0.2) is 0 Å². The molecular formula is C23H24O3. The smallest absolute Gasteiger partial charge is 0.165 e. The van der Waals surface area contributed by atoms with Crippen LogP contribution in [-0.4, -0.2) is 10.9 Å². The quantitative estimate of drug-likeness (QED) is 0.729. The largest absolute Gasteiger partial charge is 0.508 e. The van der Waals surface area contributed by atoms with Gasteiger partial charge < -0.3 is 9.52 Å². The van der Waals surface area contributed by atoms with Crippen molar-refractivity contribution in [3.63, 3.8) is 0 Å². The average Bonchev–Trinajstić information content (AvgIpc) is 3.23. The Morgan fingerprint density at radius 3 is 2.96 bits per heavy atom. The van der Waals surface area contributed by atoms with Gasteiger partial charge in [0, 0.05) is 5.41 Å². The summed E-state index contributed by atoms with van der Waals surface area (Å²) in [6.45, 7) is 2.19. The van der Waals surface area contributed by atoms with Gasteiger partial charge >= 0.3 is 0 Å². The number of phenols is 1. The third-order valence-electron chi connectivity index (χ3n) is 7.21. The molecule has 5 rings (SSSR count). The molecule has 3 heteroatoms. The highest BCUT2D eigenvalue weighted by Crippen LogP contribution is 2.60. The van der Waals surface area contributed by atoms with Crippen molar-refractivity contribution in [2.24, 2.45) is 17.3 Å². The normalized spacial score (nSPS) is 34.4. The fourth-order valence-electron chi connectivity index (χ4n) is 5.91. The molecule has 26 heavy (non-hydrogen) atoms. The summed E-state index contributed by atoms with van der Waals surface area (Å²) in [6, 6.07) is 9.64. The van der Waals surface area contributed by atoms with E-state index in [9.17, 15) is 9.90 Å². The lowest BCUT2D eigenvalue weighted by Gasteiger charge is -2.48. The summed E-state index contributed by atoms with van der Waals surface area (Å²) in [5.41, 5.74) is 3.40. The van der Waals surface area contributed by atoms with Crippen LogP contribution in [0.15, 0.2) is 46.6 Å². The van der Waals surface area contributed by atoms with Gasteiger partial charge in [0.05, 0.1) is 6.26 Å². The van der Waals surface area contributed by atoms with Gasteiger partial charge in [-0.15, -0.1) is 0 Å². The number of allylic oxidation sites excluding steroid dienone is 1. The van der Waals surface area contributed by atoms with Crippen molar-refractivity contribution in [2.45, 2.75) is 44.9 Å². The minimum absolute atomic E-state index is 0.228. The van der Waals surface area contributed by atoms with Gasteiger partial charge in [0.1, 0.15) is 11.5 Å². The van der Waals surface area contributed by atoms with E-state index in [4.69, 9.17) is 4.42 Å². The van der Waals surface area contributed by atoms with Crippen LogP contribution in [0.5, 0.6) is 5.75 Å². The number of aromatic hydroxyl groups is 1. The number of phenolic OH excluding ortho intramolecular Hbond substituents is 1. The number of hydrogen-bond acceptors (Lipinski definition) is 3. The molecule has 0 radical (unpaired) electrons. The Morgan fingerprint density at radius 2 is 2.15 bits per heavy atom. The standard InChI is InChI=1S/C23H24O3/c1-23-9-8-19-18-7-5-16(24)11-14(18)4-6-20(19)21(23)13-15(22(23)25)12-17-3-2-10-26-17/h2-3,5,7,10-12,19-21,24H,4,6,8-9,13H2,1H3/b15-12+. The molecule has 4 unspecified atom stereocenters. The number of carbonyl (C=O) groups is 1. The van der Waals surface area contributed by atoms with Crippen molar-refractivity contribution in [3.8, 4) is 5.75 Å². The topological polar surface area (TPSA) is 50.4 Å². The number of hydrogen-bond donors (Lipinski definition) is 1. The van der Waals surface area contributed by atoms with Crippen LogP contribution >= 0.6 is 0 Å². The van der Waals surface area contributed by atoms with Crippen molar-refractivity contribution >= 4 is 11.9 Å². The molecule has 3 aliphatic rings. The lowest BCUT2D eigenvalue weighted by Crippen LogP contribution is -2.42. The SMILES string of the molecule is CC12CCC3c4ccc(O)cc4CCC3C1C/C(=C\c1ccco1)C2=O. The maximum Gasteiger partial charge on any atom is 0.165 e. The molecule has 1 aromatic heterocycles.